The van der Waals surface area contributed by atoms with Crippen molar-refractivity contribution < 1.29 is 44.8 Å². The molecule has 0 bridgehead atoms. The Hall–Kier alpha value is -2.04. The van der Waals surface area contributed by atoms with Crippen LogP contribution in [0.5, 0.6) is 0 Å². The highest BCUT2D eigenvalue weighted by Crippen LogP contribution is 2.31. The second-order valence-electron chi connectivity index (χ2n) is 4.37. The molecule has 23 heavy (non-hydrogen) atoms. The number of esters is 2. The Morgan fingerprint density at radius 1 is 1.22 bits per heavy atom. The quantitative estimate of drug-likeness (QED) is 0.316. The van der Waals surface area contributed by atoms with Crippen LogP contribution in [0.15, 0.2) is 24.0 Å². The van der Waals surface area contributed by atoms with E-state index in [1.54, 1.807) is 0 Å². The van der Waals surface area contributed by atoms with Crippen molar-refractivity contribution in [2.45, 2.75) is 11.9 Å². The Morgan fingerprint density at radius 3 is 2.09 bits per heavy atom. The molecule has 0 aliphatic heterocycles. The van der Waals surface area contributed by atoms with Gasteiger partial charge < -0.3 is 13.7 Å². The van der Waals surface area contributed by atoms with Crippen LogP contribution in [0, 0.1) is 11.8 Å². The average Bonchev–Trinajstić information content (AvgIpc) is 2.47. The van der Waals surface area contributed by atoms with Crippen LogP contribution in [0.2, 0.25) is 0 Å². The van der Waals surface area contributed by atoms with E-state index in [1.807, 2.05) is 0 Å². The van der Waals surface area contributed by atoms with Gasteiger partial charge in [-0.1, -0.05) is 6.08 Å². The summed E-state index contributed by atoms with van der Waals surface area (Å²) < 4.78 is 71.3. The van der Waals surface area contributed by atoms with E-state index in [2.05, 4.69) is 13.7 Å². The minimum absolute atomic E-state index is 0.117. The molecule has 1 atom stereocenters. The number of allylic oxidation sites excluding steroid dienone is 3. The molecule has 0 aromatic carbocycles. The van der Waals surface area contributed by atoms with E-state index in [9.17, 15) is 31.2 Å². The fourth-order valence-corrected chi connectivity index (χ4v) is 2.27. The van der Waals surface area contributed by atoms with Crippen molar-refractivity contribution in [3.8, 4) is 0 Å². The van der Waals surface area contributed by atoms with E-state index in [1.165, 1.54) is 6.08 Å². The van der Waals surface area contributed by atoms with Gasteiger partial charge in [-0.2, -0.15) is 21.6 Å². The van der Waals surface area contributed by atoms with Gasteiger partial charge in [-0.25, -0.2) is 0 Å². The number of methoxy groups -OCH3 is 2. The highest BCUT2D eigenvalue weighted by molar-refractivity contribution is 7.87. The first-order valence-corrected chi connectivity index (χ1v) is 7.49. The van der Waals surface area contributed by atoms with Crippen LogP contribution >= 0.6 is 0 Å². The molecule has 0 spiro atoms. The summed E-state index contributed by atoms with van der Waals surface area (Å²) in [5, 5.41) is 0. The number of alkyl halides is 3. The molecule has 0 radical (unpaired) electrons. The van der Waals surface area contributed by atoms with E-state index in [-0.39, 0.29) is 6.42 Å². The second kappa shape index (κ2) is 7.02. The molecule has 11 heteroatoms. The monoisotopic (exact) mass is 358 g/mol. The van der Waals surface area contributed by atoms with Crippen LogP contribution in [0.25, 0.3) is 0 Å². The van der Waals surface area contributed by atoms with Gasteiger partial charge in [0, 0.05) is 5.92 Å². The van der Waals surface area contributed by atoms with Crippen molar-refractivity contribution in [2.24, 2.45) is 11.8 Å². The van der Waals surface area contributed by atoms with Gasteiger partial charge in [0.2, 0.25) is 0 Å². The van der Waals surface area contributed by atoms with Gasteiger partial charge in [-0.3, -0.25) is 9.59 Å². The van der Waals surface area contributed by atoms with E-state index < -0.39 is 45.2 Å². The Labute approximate surface area is 129 Å². The summed E-state index contributed by atoms with van der Waals surface area (Å²) in [5.41, 5.74) is -5.56. The number of rotatable bonds is 5. The summed E-state index contributed by atoms with van der Waals surface area (Å²) >= 11 is 0. The van der Waals surface area contributed by atoms with Crippen molar-refractivity contribution in [1.82, 2.24) is 0 Å². The molecule has 1 aliphatic rings. The first-order valence-electron chi connectivity index (χ1n) is 6.08. The molecular formula is C12H13F3O7S. The number of hydrogen-bond donors (Lipinski definition) is 0. The molecular weight excluding hydrogens is 345 g/mol. The number of halogens is 3. The molecule has 0 saturated carbocycles. The van der Waals surface area contributed by atoms with Crippen LogP contribution in [-0.4, -0.2) is 40.1 Å². The minimum atomic E-state index is -5.78. The van der Waals surface area contributed by atoms with E-state index in [0.717, 1.165) is 26.4 Å². The molecule has 130 valence electrons. The maximum absolute atomic E-state index is 12.2. The largest absolute Gasteiger partial charge is 0.534 e. The Balaban J connectivity index is 2.88. The lowest BCUT2D eigenvalue weighted by Gasteiger charge is -2.22. The second-order valence-corrected chi connectivity index (χ2v) is 5.91. The van der Waals surface area contributed by atoms with Crippen LogP contribution < -0.4 is 0 Å². The molecule has 0 aromatic rings. The van der Waals surface area contributed by atoms with Gasteiger partial charge in [0.05, 0.1) is 14.2 Å². The predicted octanol–water partition coefficient (Wildman–Crippen LogP) is 1.27. The van der Waals surface area contributed by atoms with E-state index >= 15 is 0 Å². The molecule has 0 N–H and O–H groups in total. The Morgan fingerprint density at radius 2 is 1.74 bits per heavy atom. The minimum Gasteiger partial charge on any atom is -0.468 e. The Kier molecular flexibility index (Phi) is 5.81. The summed E-state index contributed by atoms with van der Waals surface area (Å²) in [6.45, 7) is 0. The highest BCUT2D eigenvalue weighted by atomic mass is 32.2. The third kappa shape index (κ3) is 4.47. The molecule has 7 nitrogen and oxygen atoms in total. The van der Waals surface area contributed by atoms with E-state index in [4.69, 9.17) is 0 Å². The molecule has 0 fully saturated rings. The van der Waals surface area contributed by atoms with Crippen LogP contribution in [-0.2, 0) is 33.4 Å². The third-order valence-corrected chi connectivity index (χ3v) is 3.91. The lowest BCUT2D eigenvalue weighted by atomic mass is 9.86. The number of carbonyl (C=O) groups excluding carboxylic acids is 2. The molecule has 0 unspecified atom stereocenters. The molecule has 0 aromatic heterocycles. The number of ether oxygens (including phenoxy) is 2. The highest BCUT2D eigenvalue weighted by Gasteiger charge is 2.49. The van der Waals surface area contributed by atoms with Gasteiger partial charge in [0.25, 0.3) is 0 Å². The molecule has 1 rings (SSSR count). The Bertz CT molecular complexity index is 618. The van der Waals surface area contributed by atoms with Crippen molar-refractivity contribution in [3.05, 3.63) is 24.0 Å². The molecule has 0 saturated heterocycles. The lowest BCUT2D eigenvalue weighted by molar-refractivity contribution is -0.160. The zero-order valence-electron chi connectivity index (χ0n) is 12.0. The standard InChI is InChI=1S/C12H13F3O7S/c1-20-10(16)9(11(17)21-2)7-3-5-8(6-4-7)22-23(18,19)12(13,14)15/h3,5-7,9H,4H2,1-2H3/t7-/m1/s1. The van der Waals surface area contributed by atoms with Gasteiger partial charge in [-0.05, 0) is 18.6 Å². The molecule has 0 amide bonds. The molecule has 1 aliphatic carbocycles. The zero-order valence-corrected chi connectivity index (χ0v) is 12.8. The van der Waals surface area contributed by atoms with Gasteiger partial charge in [-0.15, -0.1) is 0 Å². The number of carbonyl (C=O) groups is 2. The first-order chi connectivity index (χ1) is 10.5. The zero-order chi connectivity index (χ0) is 17.8. The summed E-state index contributed by atoms with van der Waals surface area (Å²) in [4.78, 5) is 23.2. The third-order valence-electron chi connectivity index (χ3n) is 2.93. The summed E-state index contributed by atoms with van der Waals surface area (Å²) in [6.07, 6.45) is 3.01. The fraction of sp³-hybridized carbons (Fsp3) is 0.500. The summed E-state index contributed by atoms with van der Waals surface area (Å²) in [7, 11) is -3.66. The van der Waals surface area contributed by atoms with Crippen molar-refractivity contribution >= 4 is 22.1 Å². The van der Waals surface area contributed by atoms with Crippen molar-refractivity contribution in [2.75, 3.05) is 14.2 Å². The summed E-state index contributed by atoms with van der Waals surface area (Å²) in [5.74, 6) is -4.42. The van der Waals surface area contributed by atoms with Gasteiger partial charge in [0.1, 0.15) is 5.76 Å². The van der Waals surface area contributed by atoms with Crippen LogP contribution in [0.4, 0.5) is 13.2 Å². The summed E-state index contributed by atoms with van der Waals surface area (Å²) in [6, 6.07) is 0. The first kappa shape index (κ1) is 19.0. The van der Waals surface area contributed by atoms with Gasteiger partial charge >= 0.3 is 27.6 Å². The lowest BCUT2D eigenvalue weighted by Crippen LogP contribution is -2.33. The predicted molar refractivity (Wildman–Crippen MR) is 68.9 cm³/mol. The van der Waals surface area contributed by atoms with E-state index in [0.29, 0.717) is 0 Å². The molecule has 0 heterocycles. The average molecular weight is 358 g/mol. The maximum atomic E-state index is 12.2. The van der Waals surface area contributed by atoms with Gasteiger partial charge in [0.15, 0.2) is 5.92 Å². The number of hydrogen-bond acceptors (Lipinski definition) is 7. The van der Waals surface area contributed by atoms with Crippen LogP contribution in [0.3, 0.4) is 0 Å². The SMILES string of the molecule is COC(=O)C(C(=O)OC)[C@@H]1C=CC(OS(=O)(=O)C(F)(F)F)=CC1. The van der Waals surface area contributed by atoms with Crippen LogP contribution in [0.1, 0.15) is 6.42 Å². The fourth-order valence-electron chi connectivity index (χ4n) is 1.80. The smallest absolute Gasteiger partial charge is 0.468 e. The normalized spacial score (nSPS) is 18.3. The topological polar surface area (TPSA) is 96.0 Å². The van der Waals surface area contributed by atoms with Crippen molar-refractivity contribution in [3.63, 3.8) is 0 Å². The van der Waals surface area contributed by atoms with Crippen molar-refractivity contribution in [1.29, 1.82) is 0 Å². The maximum Gasteiger partial charge on any atom is 0.534 e.